The van der Waals surface area contributed by atoms with Gasteiger partial charge in [0.15, 0.2) is 0 Å². The van der Waals surface area contributed by atoms with E-state index in [0.717, 1.165) is 24.0 Å². The summed E-state index contributed by atoms with van der Waals surface area (Å²) < 4.78 is 28.2. The van der Waals surface area contributed by atoms with Gasteiger partial charge >= 0.3 is 0 Å². The average molecular weight is 668 g/mol. The lowest BCUT2D eigenvalue weighted by molar-refractivity contribution is -0.140. The van der Waals surface area contributed by atoms with E-state index in [9.17, 15) is 22.8 Å². The van der Waals surface area contributed by atoms with Crippen LogP contribution in [0, 0.1) is 11.3 Å². The third kappa shape index (κ3) is 8.88. The van der Waals surface area contributed by atoms with Gasteiger partial charge in [-0.2, -0.15) is 0 Å². The fourth-order valence-corrected chi connectivity index (χ4v) is 6.83. The molecule has 0 heterocycles. The van der Waals surface area contributed by atoms with E-state index in [1.54, 1.807) is 32.3 Å². The molecule has 3 amide bonds. The quantitative estimate of drug-likeness (QED) is 0.236. The van der Waals surface area contributed by atoms with Gasteiger partial charge in [0.1, 0.15) is 6.04 Å². The van der Waals surface area contributed by atoms with Gasteiger partial charge in [-0.05, 0) is 61.4 Å². The Bertz CT molecular complexity index is 1570. The van der Waals surface area contributed by atoms with Gasteiger partial charge in [0.25, 0.3) is 15.9 Å². The fourth-order valence-electron chi connectivity index (χ4n) is 5.81. The molecule has 0 radical (unpaired) electrons. The number of hydrogen-bond acceptors (Lipinski definition) is 7. The first-order valence-electron chi connectivity index (χ1n) is 16.1. The van der Waals surface area contributed by atoms with Crippen LogP contribution >= 0.6 is 0 Å². The van der Waals surface area contributed by atoms with Crippen LogP contribution in [0.15, 0.2) is 71.1 Å². The SMILES string of the molecule is CN[C@H](C(=O)N[C@H](C(=O)N(C)[C@H](/C=C(\C)C(=O)NS(=O)(=O)c1ccc(C2(N)CC2)cc1)C(C)C)C(C)(C)C)C(C)(C)c1ccccc1. The van der Waals surface area contributed by atoms with Gasteiger partial charge in [0.2, 0.25) is 11.8 Å². The molecule has 11 heteroatoms. The normalized spacial score (nSPS) is 17.0. The summed E-state index contributed by atoms with van der Waals surface area (Å²) in [5.41, 5.74) is 6.55. The van der Waals surface area contributed by atoms with Crippen LogP contribution in [0.5, 0.6) is 0 Å². The zero-order valence-corrected chi connectivity index (χ0v) is 30.3. The van der Waals surface area contributed by atoms with E-state index in [0.29, 0.717) is 0 Å². The zero-order valence-electron chi connectivity index (χ0n) is 29.5. The van der Waals surface area contributed by atoms with Crippen LogP contribution < -0.4 is 21.1 Å². The molecule has 5 N–H and O–H groups in total. The van der Waals surface area contributed by atoms with Gasteiger partial charge in [-0.1, -0.05) is 97.0 Å². The Morgan fingerprint density at radius 3 is 1.96 bits per heavy atom. The summed E-state index contributed by atoms with van der Waals surface area (Å²) in [6.45, 7) is 14.9. The van der Waals surface area contributed by atoms with E-state index in [-0.39, 0.29) is 28.2 Å². The largest absolute Gasteiger partial charge is 0.342 e. The van der Waals surface area contributed by atoms with Gasteiger partial charge in [-0.3, -0.25) is 14.4 Å². The monoisotopic (exact) mass is 667 g/mol. The van der Waals surface area contributed by atoms with E-state index in [1.165, 1.54) is 24.0 Å². The van der Waals surface area contributed by atoms with E-state index in [2.05, 4.69) is 15.4 Å². The van der Waals surface area contributed by atoms with E-state index in [4.69, 9.17) is 5.73 Å². The highest BCUT2D eigenvalue weighted by Gasteiger charge is 2.42. The Kier molecular flexibility index (Phi) is 11.5. The highest BCUT2D eigenvalue weighted by Crippen LogP contribution is 2.42. The molecular formula is C36H53N5O5S. The van der Waals surface area contributed by atoms with Crippen LogP contribution in [0.3, 0.4) is 0 Å². The summed E-state index contributed by atoms with van der Waals surface area (Å²) in [7, 11) is -0.790. The number of sulfonamides is 1. The second-order valence-electron chi connectivity index (χ2n) is 14.8. The summed E-state index contributed by atoms with van der Waals surface area (Å²) in [5.74, 6) is -1.58. The lowest BCUT2D eigenvalue weighted by atomic mass is 9.76. The van der Waals surface area contributed by atoms with Crippen LogP contribution in [0.4, 0.5) is 0 Å². The van der Waals surface area contributed by atoms with Crippen molar-refractivity contribution in [1.82, 2.24) is 20.3 Å². The van der Waals surface area contributed by atoms with Crippen molar-refractivity contribution in [3.8, 4) is 0 Å². The number of amides is 3. The van der Waals surface area contributed by atoms with Crippen LogP contribution in [0.1, 0.15) is 79.4 Å². The second kappa shape index (κ2) is 14.3. The number of hydrogen-bond donors (Lipinski definition) is 4. The van der Waals surface area contributed by atoms with Crippen molar-refractivity contribution in [2.24, 2.45) is 17.1 Å². The minimum absolute atomic E-state index is 0.0431. The lowest BCUT2D eigenvalue weighted by Gasteiger charge is -2.40. The van der Waals surface area contributed by atoms with Crippen LogP contribution in [-0.4, -0.2) is 63.3 Å². The molecule has 10 nitrogen and oxygen atoms in total. The van der Waals surface area contributed by atoms with Crippen molar-refractivity contribution in [1.29, 1.82) is 0 Å². The molecule has 2 aromatic carbocycles. The molecular weight excluding hydrogens is 614 g/mol. The average Bonchev–Trinajstić information content (AvgIpc) is 3.75. The summed E-state index contributed by atoms with van der Waals surface area (Å²) in [6, 6.07) is 13.9. The number of carbonyl (C=O) groups is 3. The molecule has 0 bridgehead atoms. The fraction of sp³-hybridized carbons (Fsp3) is 0.528. The molecule has 258 valence electrons. The maximum absolute atomic E-state index is 14.1. The van der Waals surface area contributed by atoms with Crippen molar-refractivity contribution in [2.75, 3.05) is 14.1 Å². The number of carbonyl (C=O) groups excluding carboxylic acids is 3. The van der Waals surface area contributed by atoms with E-state index in [1.807, 2.05) is 78.8 Å². The highest BCUT2D eigenvalue weighted by molar-refractivity contribution is 7.90. The Morgan fingerprint density at radius 2 is 1.49 bits per heavy atom. The second-order valence-corrected chi connectivity index (χ2v) is 16.4. The molecule has 1 aliphatic rings. The van der Waals surface area contributed by atoms with Gasteiger partial charge in [0, 0.05) is 23.6 Å². The smallest absolute Gasteiger partial charge is 0.264 e. The molecule has 1 fully saturated rings. The Hall–Kier alpha value is -3.54. The molecule has 0 aromatic heterocycles. The van der Waals surface area contributed by atoms with E-state index < -0.39 is 50.4 Å². The number of nitrogens with two attached hydrogens (primary N) is 1. The predicted molar refractivity (Wildman–Crippen MR) is 186 cm³/mol. The molecule has 3 atom stereocenters. The molecule has 0 spiro atoms. The third-order valence-electron chi connectivity index (χ3n) is 9.20. The number of nitrogens with one attached hydrogen (secondary N) is 3. The van der Waals surface area contributed by atoms with Gasteiger partial charge in [0.05, 0.1) is 17.0 Å². The Morgan fingerprint density at radius 1 is 0.936 bits per heavy atom. The number of likely N-dealkylation sites (N-methyl/N-ethyl adjacent to an activating group) is 2. The summed E-state index contributed by atoms with van der Waals surface area (Å²) in [4.78, 5) is 42.5. The minimum atomic E-state index is -4.14. The first kappa shape index (κ1) is 37.9. The predicted octanol–water partition coefficient (Wildman–Crippen LogP) is 3.97. The molecule has 0 unspecified atom stereocenters. The molecule has 3 rings (SSSR count). The molecule has 2 aromatic rings. The van der Waals surface area contributed by atoms with Gasteiger partial charge in [-0.25, -0.2) is 13.1 Å². The van der Waals surface area contributed by atoms with Crippen molar-refractivity contribution in [2.45, 2.75) is 102 Å². The van der Waals surface area contributed by atoms with Gasteiger partial charge < -0.3 is 21.3 Å². The van der Waals surface area contributed by atoms with Crippen molar-refractivity contribution >= 4 is 27.7 Å². The van der Waals surface area contributed by atoms with Crippen LogP contribution in [0.2, 0.25) is 0 Å². The van der Waals surface area contributed by atoms with Crippen LogP contribution in [0.25, 0.3) is 0 Å². The van der Waals surface area contributed by atoms with Crippen molar-refractivity contribution in [3.05, 3.63) is 77.4 Å². The number of rotatable bonds is 13. The first-order valence-corrected chi connectivity index (χ1v) is 17.6. The summed E-state index contributed by atoms with van der Waals surface area (Å²) in [6.07, 6.45) is 3.29. The maximum atomic E-state index is 14.1. The Labute approximate surface area is 281 Å². The molecule has 47 heavy (non-hydrogen) atoms. The Balaban J connectivity index is 1.80. The van der Waals surface area contributed by atoms with Crippen molar-refractivity contribution in [3.63, 3.8) is 0 Å². The van der Waals surface area contributed by atoms with Crippen molar-refractivity contribution < 1.29 is 22.8 Å². The maximum Gasteiger partial charge on any atom is 0.264 e. The first-order chi connectivity index (χ1) is 21.7. The highest BCUT2D eigenvalue weighted by atomic mass is 32.2. The third-order valence-corrected chi connectivity index (χ3v) is 10.5. The number of benzene rings is 2. The topological polar surface area (TPSA) is 151 Å². The molecule has 1 saturated carbocycles. The standard InChI is InChI=1S/C36H53N5O5S/c1-23(2)28(22-24(3)31(42)40-47(45,46)27-18-16-26(17-19-27)36(37)20-21-36)41(10)33(44)30(34(4,5)6)39-32(43)29(38-9)35(7,8)25-14-12-11-13-15-25/h11-19,22-23,28-30,38H,20-21,37H2,1-10H3,(H,39,43)(H,40,42)/b24-22+/t28-,29-,30-/m1/s1. The summed E-state index contributed by atoms with van der Waals surface area (Å²) in [5, 5.41) is 6.16. The minimum Gasteiger partial charge on any atom is -0.342 e. The summed E-state index contributed by atoms with van der Waals surface area (Å²) >= 11 is 0. The number of nitrogens with zero attached hydrogens (tertiary/aromatic N) is 1. The molecule has 0 saturated heterocycles. The lowest BCUT2D eigenvalue weighted by Crippen LogP contribution is -2.61. The molecule has 1 aliphatic carbocycles. The van der Waals surface area contributed by atoms with Crippen LogP contribution in [-0.2, 0) is 35.4 Å². The molecule has 0 aliphatic heterocycles. The zero-order chi connectivity index (χ0) is 35.5. The van der Waals surface area contributed by atoms with E-state index >= 15 is 0 Å². The van der Waals surface area contributed by atoms with Gasteiger partial charge in [-0.15, -0.1) is 0 Å².